The van der Waals surface area contributed by atoms with Crippen molar-refractivity contribution in [3.8, 4) is 0 Å². The molecule has 30 heavy (non-hydrogen) atoms. The Morgan fingerprint density at radius 1 is 1.07 bits per heavy atom. The molecule has 1 saturated heterocycles. The summed E-state index contributed by atoms with van der Waals surface area (Å²) in [6.07, 6.45) is 3.56. The van der Waals surface area contributed by atoms with Crippen LogP contribution in [0.25, 0.3) is 0 Å². The lowest BCUT2D eigenvalue weighted by Crippen LogP contribution is -2.40. The largest absolute Gasteiger partial charge is 0.472 e. The predicted molar refractivity (Wildman–Crippen MR) is 116 cm³/mol. The van der Waals surface area contributed by atoms with Crippen LogP contribution in [0.5, 0.6) is 0 Å². The fourth-order valence-corrected chi connectivity index (χ4v) is 4.09. The maximum absolute atomic E-state index is 13.8. The van der Waals surface area contributed by atoms with Crippen LogP contribution in [0.3, 0.4) is 0 Å². The number of hydrogen-bond donors (Lipinski definition) is 0. The molecule has 1 fully saturated rings. The molecule has 0 aliphatic carbocycles. The number of hydrogen-bond acceptors (Lipinski definition) is 4. The number of anilines is 1. The average molecular weight is 410 g/mol. The number of furan rings is 1. The number of Topliss-reactive ketones (excluding diaryl/α,β-unsaturated/α-hetero) is 1. The summed E-state index contributed by atoms with van der Waals surface area (Å²) in [6.45, 7) is 11.8. The lowest BCUT2D eigenvalue weighted by Gasteiger charge is -2.29. The number of carbonyl (C=O) groups excluding carboxylic acids is 3. The third-order valence-corrected chi connectivity index (χ3v) is 5.96. The minimum atomic E-state index is -1.09. The molecule has 0 bridgehead atoms. The number of para-hydroxylation sites is 1. The summed E-state index contributed by atoms with van der Waals surface area (Å²) < 4.78 is 5.26. The maximum Gasteiger partial charge on any atom is 0.245 e. The highest BCUT2D eigenvalue weighted by Gasteiger charge is 2.54. The average Bonchev–Trinajstić information content (AvgIpc) is 3.26. The highest BCUT2D eigenvalue weighted by atomic mass is 16.3. The van der Waals surface area contributed by atoms with Gasteiger partial charge in [-0.05, 0) is 29.5 Å². The van der Waals surface area contributed by atoms with Crippen molar-refractivity contribution < 1.29 is 18.8 Å². The first-order chi connectivity index (χ1) is 13.9. The van der Waals surface area contributed by atoms with Gasteiger partial charge in [-0.15, -0.1) is 0 Å². The number of imide groups is 1. The zero-order valence-electron chi connectivity index (χ0n) is 18.7. The van der Waals surface area contributed by atoms with Gasteiger partial charge in [0.2, 0.25) is 11.8 Å². The maximum atomic E-state index is 13.8. The molecule has 1 aromatic carbocycles. The molecule has 2 amide bonds. The van der Waals surface area contributed by atoms with E-state index < -0.39 is 10.8 Å². The molecule has 0 spiro atoms. The Kier molecular flexibility index (Phi) is 5.52. The van der Waals surface area contributed by atoms with Gasteiger partial charge in [0, 0.05) is 23.8 Å². The topological polar surface area (TPSA) is 67.6 Å². The first-order valence-electron chi connectivity index (χ1n) is 10.4. The van der Waals surface area contributed by atoms with Crippen molar-refractivity contribution in [1.29, 1.82) is 0 Å². The molecule has 2 aromatic rings. The van der Waals surface area contributed by atoms with Gasteiger partial charge in [-0.3, -0.25) is 14.4 Å². The molecule has 0 N–H and O–H groups in total. The van der Waals surface area contributed by atoms with E-state index in [-0.39, 0.29) is 42.3 Å². The van der Waals surface area contributed by atoms with Gasteiger partial charge in [0.05, 0.1) is 23.6 Å². The van der Waals surface area contributed by atoms with E-state index in [9.17, 15) is 14.4 Å². The summed E-state index contributed by atoms with van der Waals surface area (Å²) in [5, 5.41) is 0. The number of ketones is 1. The molecule has 160 valence electrons. The molecule has 3 rings (SSSR count). The van der Waals surface area contributed by atoms with Gasteiger partial charge in [-0.2, -0.15) is 0 Å². The quantitative estimate of drug-likeness (QED) is 0.639. The van der Waals surface area contributed by atoms with E-state index in [4.69, 9.17) is 4.42 Å². The molecule has 2 heterocycles. The van der Waals surface area contributed by atoms with Crippen molar-refractivity contribution in [3.05, 3.63) is 54.0 Å². The number of benzene rings is 1. The summed E-state index contributed by atoms with van der Waals surface area (Å²) in [5.41, 5.74) is 0.379. The molecule has 1 aliphatic heterocycles. The molecule has 5 nitrogen and oxygen atoms in total. The number of carbonyl (C=O) groups is 3. The molecular formula is C25H31NO4. The SMILES string of the molecule is CC(C)(C)C(=O)CC[C@@]1(c2ccoc2)CC(=O)N(c2ccccc2C(C)(C)C)C1=O. The van der Waals surface area contributed by atoms with Gasteiger partial charge in [0.15, 0.2) is 0 Å². The predicted octanol–water partition coefficient (Wildman–Crippen LogP) is 5.17. The molecule has 0 radical (unpaired) electrons. The second-order valence-corrected chi connectivity index (χ2v) is 10.2. The summed E-state index contributed by atoms with van der Waals surface area (Å²) in [5.74, 6) is -0.465. The Labute approximate surface area is 178 Å². The fourth-order valence-electron chi connectivity index (χ4n) is 4.09. The lowest BCUT2D eigenvalue weighted by molar-refractivity contribution is -0.127. The number of nitrogens with zero attached hydrogens (tertiary/aromatic N) is 1. The van der Waals surface area contributed by atoms with Crippen LogP contribution in [-0.4, -0.2) is 17.6 Å². The van der Waals surface area contributed by atoms with Crippen LogP contribution >= 0.6 is 0 Å². The molecule has 1 aliphatic rings. The van der Waals surface area contributed by atoms with Crippen LogP contribution in [0.1, 0.15) is 71.9 Å². The standard InChI is InChI=1S/C25H31NO4/c1-23(2,3)18-9-7-8-10-19(18)26-21(28)15-25(22(26)29,17-12-14-30-16-17)13-11-20(27)24(4,5)6/h7-10,12,14,16H,11,13,15H2,1-6H3/t25-/m0/s1. The summed E-state index contributed by atoms with van der Waals surface area (Å²) >= 11 is 0. The van der Waals surface area contributed by atoms with Crippen molar-refractivity contribution in [2.75, 3.05) is 4.90 Å². The summed E-state index contributed by atoms with van der Waals surface area (Å²) in [6, 6.07) is 9.26. The van der Waals surface area contributed by atoms with E-state index in [1.807, 2.05) is 45.0 Å². The second kappa shape index (κ2) is 7.53. The monoisotopic (exact) mass is 409 g/mol. The van der Waals surface area contributed by atoms with Crippen LogP contribution in [0.2, 0.25) is 0 Å². The Hall–Kier alpha value is -2.69. The van der Waals surface area contributed by atoms with E-state index in [0.717, 1.165) is 5.56 Å². The van der Waals surface area contributed by atoms with Crippen LogP contribution in [-0.2, 0) is 25.2 Å². The number of rotatable bonds is 5. The zero-order chi connectivity index (χ0) is 22.3. The second-order valence-electron chi connectivity index (χ2n) is 10.2. The van der Waals surface area contributed by atoms with Crippen LogP contribution < -0.4 is 4.90 Å². The van der Waals surface area contributed by atoms with Gasteiger partial charge in [-0.1, -0.05) is 59.7 Å². The first-order valence-corrected chi connectivity index (χ1v) is 10.4. The summed E-state index contributed by atoms with van der Waals surface area (Å²) in [7, 11) is 0. The van der Waals surface area contributed by atoms with E-state index in [0.29, 0.717) is 11.3 Å². The van der Waals surface area contributed by atoms with Crippen molar-refractivity contribution in [3.63, 3.8) is 0 Å². The molecule has 1 aromatic heterocycles. The molecular weight excluding hydrogens is 378 g/mol. The first kappa shape index (κ1) is 22.0. The van der Waals surface area contributed by atoms with Gasteiger partial charge >= 0.3 is 0 Å². The third-order valence-electron chi connectivity index (χ3n) is 5.96. The minimum Gasteiger partial charge on any atom is -0.472 e. The van der Waals surface area contributed by atoms with E-state index in [1.165, 1.54) is 17.4 Å². The normalized spacial score (nSPS) is 20.1. The van der Waals surface area contributed by atoms with Gasteiger partial charge < -0.3 is 4.42 Å². The third kappa shape index (κ3) is 3.85. The van der Waals surface area contributed by atoms with Crippen molar-refractivity contribution in [2.24, 2.45) is 5.41 Å². The highest BCUT2D eigenvalue weighted by Crippen LogP contribution is 2.45. The van der Waals surface area contributed by atoms with Gasteiger partial charge in [-0.25, -0.2) is 4.90 Å². The fraction of sp³-hybridized carbons (Fsp3) is 0.480. The van der Waals surface area contributed by atoms with Crippen molar-refractivity contribution in [1.82, 2.24) is 0 Å². The smallest absolute Gasteiger partial charge is 0.245 e. The molecule has 0 saturated carbocycles. The summed E-state index contributed by atoms with van der Waals surface area (Å²) in [4.78, 5) is 41.0. The van der Waals surface area contributed by atoms with Crippen molar-refractivity contribution >= 4 is 23.3 Å². The Morgan fingerprint density at radius 2 is 1.73 bits per heavy atom. The van der Waals surface area contributed by atoms with Crippen molar-refractivity contribution in [2.45, 2.75) is 71.6 Å². The Morgan fingerprint density at radius 3 is 2.30 bits per heavy atom. The van der Waals surface area contributed by atoms with Crippen LogP contribution in [0, 0.1) is 5.41 Å². The molecule has 5 heteroatoms. The molecule has 0 unspecified atom stereocenters. The van der Waals surface area contributed by atoms with E-state index >= 15 is 0 Å². The highest BCUT2D eigenvalue weighted by molar-refractivity contribution is 6.25. The van der Waals surface area contributed by atoms with E-state index in [1.54, 1.807) is 6.07 Å². The number of amides is 2. The Balaban J connectivity index is 2.05. The zero-order valence-corrected chi connectivity index (χ0v) is 18.7. The Bertz CT molecular complexity index is 960. The molecule has 1 atom stereocenters. The van der Waals surface area contributed by atoms with Crippen LogP contribution in [0.4, 0.5) is 5.69 Å². The van der Waals surface area contributed by atoms with E-state index in [2.05, 4.69) is 20.8 Å². The van der Waals surface area contributed by atoms with Crippen LogP contribution in [0.15, 0.2) is 47.3 Å². The lowest BCUT2D eigenvalue weighted by atomic mass is 9.74. The minimum absolute atomic E-state index is 0.0290. The van der Waals surface area contributed by atoms with Gasteiger partial charge in [0.1, 0.15) is 5.78 Å². The van der Waals surface area contributed by atoms with Gasteiger partial charge in [0.25, 0.3) is 0 Å².